The first-order valence-corrected chi connectivity index (χ1v) is 8.06. The quantitative estimate of drug-likeness (QED) is 0.798. The molecule has 2 heterocycles. The Morgan fingerprint density at radius 3 is 2.79 bits per heavy atom. The second-order valence-corrected chi connectivity index (χ2v) is 6.61. The summed E-state index contributed by atoms with van der Waals surface area (Å²) in [6.45, 7) is 6.11. The van der Waals surface area contributed by atoms with Crippen molar-refractivity contribution in [2.24, 2.45) is 0 Å². The van der Waals surface area contributed by atoms with Gasteiger partial charge in [-0.15, -0.1) is 0 Å². The van der Waals surface area contributed by atoms with Gasteiger partial charge in [-0.3, -0.25) is 14.6 Å². The minimum atomic E-state index is -3.30. The number of nitrogens with one attached hydrogen (secondary N) is 2. The molecule has 0 aliphatic carbocycles. The molecule has 2 rings (SSSR count). The van der Waals surface area contributed by atoms with Gasteiger partial charge in [-0.25, -0.2) is 8.42 Å². The molecule has 1 aromatic rings. The lowest BCUT2D eigenvalue weighted by atomic mass is 10.3. The van der Waals surface area contributed by atoms with Crippen molar-refractivity contribution in [2.75, 3.05) is 43.2 Å². The van der Waals surface area contributed by atoms with Crippen LogP contribution in [0.25, 0.3) is 0 Å². The van der Waals surface area contributed by atoms with Gasteiger partial charge in [-0.05, 0) is 18.6 Å². The topological polar surface area (TPSA) is 74.3 Å². The summed E-state index contributed by atoms with van der Waals surface area (Å²) < 4.78 is 26.5. The molecule has 0 atom stereocenters. The molecule has 0 radical (unpaired) electrons. The zero-order valence-corrected chi connectivity index (χ0v) is 11.9. The molecule has 0 amide bonds. The highest BCUT2D eigenvalue weighted by Crippen LogP contribution is 2.09. The first kappa shape index (κ1) is 14.2. The third-order valence-corrected chi connectivity index (χ3v) is 4.30. The first-order valence-electron chi connectivity index (χ1n) is 6.40. The van der Waals surface area contributed by atoms with Gasteiger partial charge < -0.3 is 5.32 Å². The molecule has 1 saturated heterocycles. The second-order valence-electron chi connectivity index (χ2n) is 4.76. The van der Waals surface area contributed by atoms with Crippen molar-refractivity contribution in [1.29, 1.82) is 0 Å². The number of hydrogen-bond acceptors (Lipinski definition) is 5. The van der Waals surface area contributed by atoms with Crippen LogP contribution in [0, 0.1) is 6.92 Å². The van der Waals surface area contributed by atoms with Crippen LogP contribution in [0.5, 0.6) is 0 Å². The van der Waals surface area contributed by atoms with E-state index in [1.54, 1.807) is 12.3 Å². The molecule has 2 N–H and O–H groups in total. The molecule has 1 aliphatic rings. The Balaban J connectivity index is 1.87. The van der Waals surface area contributed by atoms with Crippen LogP contribution in [0.2, 0.25) is 0 Å². The maximum absolute atomic E-state index is 12.0. The Bertz CT molecular complexity index is 512. The van der Waals surface area contributed by atoms with Gasteiger partial charge in [0.15, 0.2) is 0 Å². The van der Waals surface area contributed by atoms with Crippen molar-refractivity contribution in [3.8, 4) is 0 Å². The van der Waals surface area contributed by atoms with Crippen molar-refractivity contribution in [1.82, 2.24) is 15.2 Å². The van der Waals surface area contributed by atoms with Gasteiger partial charge in [0.05, 0.1) is 17.6 Å². The number of nitrogens with zero attached hydrogens (tertiary/aromatic N) is 2. The summed E-state index contributed by atoms with van der Waals surface area (Å²) in [5.41, 5.74) is 1.46. The number of sulfonamides is 1. The zero-order valence-electron chi connectivity index (χ0n) is 11.1. The Hall–Kier alpha value is -1.18. The molecule has 0 aromatic carbocycles. The first-order chi connectivity index (χ1) is 9.05. The summed E-state index contributed by atoms with van der Waals surface area (Å²) in [5.74, 6) is 0.112. The van der Waals surface area contributed by atoms with Crippen LogP contribution < -0.4 is 10.0 Å². The summed E-state index contributed by atoms with van der Waals surface area (Å²) in [5, 5.41) is 3.24. The van der Waals surface area contributed by atoms with Crippen molar-refractivity contribution in [2.45, 2.75) is 6.92 Å². The molecular weight excluding hydrogens is 264 g/mol. The van der Waals surface area contributed by atoms with E-state index in [-0.39, 0.29) is 5.75 Å². The SMILES string of the molecule is Cc1cncc(NS(=O)(=O)CCN2CCNCC2)c1. The number of pyridine rings is 1. The van der Waals surface area contributed by atoms with Gasteiger partial charge in [-0.1, -0.05) is 0 Å². The highest BCUT2D eigenvalue weighted by molar-refractivity contribution is 7.92. The van der Waals surface area contributed by atoms with Crippen molar-refractivity contribution < 1.29 is 8.42 Å². The molecule has 1 aromatic heterocycles. The third kappa shape index (κ3) is 4.77. The van der Waals surface area contributed by atoms with E-state index in [9.17, 15) is 8.42 Å². The average molecular weight is 284 g/mol. The number of aryl methyl sites for hydroxylation is 1. The number of aromatic nitrogens is 1. The lowest BCUT2D eigenvalue weighted by Gasteiger charge is -2.26. The molecule has 0 spiro atoms. The van der Waals surface area contributed by atoms with Crippen molar-refractivity contribution in [3.05, 3.63) is 24.0 Å². The van der Waals surface area contributed by atoms with E-state index < -0.39 is 10.0 Å². The van der Waals surface area contributed by atoms with E-state index in [2.05, 4.69) is 19.9 Å². The maximum Gasteiger partial charge on any atom is 0.234 e. The van der Waals surface area contributed by atoms with Crippen LogP contribution in [0.3, 0.4) is 0 Å². The Morgan fingerprint density at radius 2 is 2.11 bits per heavy atom. The van der Waals surface area contributed by atoms with Crippen molar-refractivity contribution >= 4 is 15.7 Å². The fraction of sp³-hybridized carbons (Fsp3) is 0.583. The van der Waals surface area contributed by atoms with Gasteiger partial charge >= 0.3 is 0 Å². The molecule has 1 fully saturated rings. The smallest absolute Gasteiger partial charge is 0.234 e. The van der Waals surface area contributed by atoms with Gasteiger partial charge in [-0.2, -0.15) is 0 Å². The van der Waals surface area contributed by atoms with Crippen LogP contribution in [-0.2, 0) is 10.0 Å². The molecule has 0 bridgehead atoms. The molecule has 106 valence electrons. The van der Waals surface area contributed by atoms with E-state index in [1.807, 2.05) is 6.92 Å². The number of piperazine rings is 1. The number of hydrogen-bond donors (Lipinski definition) is 2. The van der Waals surface area contributed by atoms with E-state index in [1.165, 1.54) is 6.20 Å². The Kier molecular flexibility index (Phi) is 4.73. The standard InChI is InChI=1S/C12H20N4O2S/c1-11-8-12(10-14-9-11)15-19(17,18)7-6-16-4-2-13-3-5-16/h8-10,13,15H,2-7H2,1H3. The monoisotopic (exact) mass is 284 g/mol. The third-order valence-electron chi connectivity index (χ3n) is 3.03. The summed E-state index contributed by atoms with van der Waals surface area (Å²) in [4.78, 5) is 6.13. The zero-order chi connectivity index (χ0) is 13.7. The summed E-state index contributed by atoms with van der Waals surface area (Å²) in [6, 6.07) is 1.77. The Morgan fingerprint density at radius 1 is 1.37 bits per heavy atom. The largest absolute Gasteiger partial charge is 0.314 e. The lowest BCUT2D eigenvalue weighted by Crippen LogP contribution is -2.45. The average Bonchev–Trinajstić information content (AvgIpc) is 2.37. The van der Waals surface area contributed by atoms with Gasteiger partial charge in [0.2, 0.25) is 10.0 Å². The maximum atomic E-state index is 12.0. The Labute approximate surface area is 114 Å². The number of anilines is 1. The van der Waals surface area contributed by atoms with Crippen LogP contribution >= 0.6 is 0 Å². The molecule has 0 saturated carbocycles. The molecule has 1 aliphatic heterocycles. The summed E-state index contributed by atoms with van der Waals surface area (Å²) in [7, 11) is -3.30. The minimum absolute atomic E-state index is 0.112. The fourth-order valence-corrected chi connectivity index (χ4v) is 3.10. The molecular formula is C12H20N4O2S. The van der Waals surface area contributed by atoms with E-state index >= 15 is 0 Å². The van der Waals surface area contributed by atoms with Gasteiger partial charge in [0.1, 0.15) is 0 Å². The minimum Gasteiger partial charge on any atom is -0.314 e. The molecule has 7 heteroatoms. The van der Waals surface area contributed by atoms with E-state index in [4.69, 9.17) is 0 Å². The summed E-state index contributed by atoms with van der Waals surface area (Å²) in [6.07, 6.45) is 3.22. The van der Waals surface area contributed by atoms with Crippen LogP contribution in [0.1, 0.15) is 5.56 Å². The lowest BCUT2D eigenvalue weighted by molar-refractivity contribution is 0.254. The van der Waals surface area contributed by atoms with Gasteiger partial charge in [0, 0.05) is 38.9 Å². The molecule has 19 heavy (non-hydrogen) atoms. The van der Waals surface area contributed by atoms with E-state index in [0.29, 0.717) is 12.2 Å². The van der Waals surface area contributed by atoms with Crippen LogP contribution in [-0.4, -0.2) is 56.8 Å². The molecule has 0 unspecified atom stereocenters. The second kappa shape index (κ2) is 6.31. The highest BCUT2D eigenvalue weighted by atomic mass is 32.2. The summed E-state index contributed by atoms with van der Waals surface area (Å²) >= 11 is 0. The predicted octanol–water partition coefficient (Wildman–Crippen LogP) is 0.0369. The van der Waals surface area contributed by atoms with Gasteiger partial charge in [0.25, 0.3) is 0 Å². The van der Waals surface area contributed by atoms with Crippen molar-refractivity contribution in [3.63, 3.8) is 0 Å². The number of rotatable bonds is 5. The van der Waals surface area contributed by atoms with Crippen LogP contribution in [0.15, 0.2) is 18.5 Å². The van der Waals surface area contributed by atoms with E-state index in [0.717, 1.165) is 31.7 Å². The molecule has 6 nitrogen and oxygen atoms in total. The predicted molar refractivity (Wildman–Crippen MR) is 75.7 cm³/mol. The fourth-order valence-electron chi connectivity index (χ4n) is 2.03. The van der Waals surface area contributed by atoms with Crippen LogP contribution in [0.4, 0.5) is 5.69 Å². The highest BCUT2D eigenvalue weighted by Gasteiger charge is 2.15. The normalized spacial score (nSPS) is 17.3.